The highest BCUT2D eigenvalue weighted by Crippen LogP contribution is 2.19. The van der Waals surface area contributed by atoms with Crippen molar-refractivity contribution < 1.29 is 4.79 Å². The van der Waals surface area contributed by atoms with Crippen LogP contribution in [0.1, 0.15) is 46.0 Å². The van der Waals surface area contributed by atoms with E-state index < -0.39 is 0 Å². The second-order valence-corrected chi connectivity index (χ2v) is 4.79. The SMILES string of the molecule is CCCCN(CC=CC1CC=CCC1)C(C)=O. The Morgan fingerprint density at radius 1 is 1.47 bits per heavy atom. The third-order valence-electron chi connectivity index (χ3n) is 3.27. The largest absolute Gasteiger partial charge is 0.339 e. The van der Waals surface area contributed by atoms with Gasteiger partial charge in [-0.3, -0.25) is 4.79 Å². The third kappa shape index (κ3) is 5.71. The molecule has 2 heteroatoms. The number of amides is 1. The number of carbonyl (C=O) groups is 1. The predicted octanol–water partition coefficient (Wildman–Crippen LogP) is 3.55. The minimum Gasteiger partial charge on any atom is -0.339 e. The smallest absolute Gasteiger partial charge is 0.219 e. The molecule has 0 aromatic carbocycles. The molecule has 0 aromatic rings. The van der Waals surface area contributed by atoms with E-state index in [9.17, 15) is 4.79 Å². The molecule has 2 nitrogen and oxygen atoms in total. The molecule has 1 aliphatic carbocycles. The molecule has 0 spiro atoms. The monoisotopic (exact) mass is 235 g/mol. The van der Waals surface area contributed by atoms with E-state index in [0.29, 0.717) is 5.92 Å². The zero-order chi connectivity index (χ0) is 12.5. The van der Waals surface area contributed by atoms with Crippen LogP contribution in [0.5, 0.6) is 0 Å². The molecule has 0 N–H and O–H groups in total. The molecule has 17 heavy (non-hydrogen) atoms. The summed E-state index contributed by atoms with van der Waals surface area (Å²) in [6, 6.07) is 0. The van der Waals surface area contributed by atoms with Crippen LogP contribution in [0.4, 0.5) is 0 Å². The summed E-state index contributed by atoms with van der Waals surface area (Å²) in [5.41, 5.74) is 0. The summed E-state index contributed by atoms with van der Waals surface area (Å²) in [7, 11) is 0. The highest BCUT2D eigenvalue weighted by atomic mass is 16.2. The van der Waals surface area contributed by atoms with Gasteiger partial charge in [0.05, 0.1) is 0 Å². The number of rotatable bonds is 6. The van der Waals surface area contributed by atoms with Crippen molar-refractivity contribution >= 4 is 5.91 Å². The molecule has 1 unspecified atom stereocenters. The Labute approximate surface area is 105 Å². The number of hydrogen-bond acceptors (Lipinski definition) is 1. The fraction of sp³-hybridized carbons (Fsp3) is 0.667. The summed E-state index contributed by atoms with van der Waals surface area (Å²) in [5.74, 6) is 0.867. The van der Waals surface area contributed by atoms with Gasteiger partial charge in [-0.15, -0.1) is 0 Å². The van der Waals surface area contributed by atoms with Crippen LogP contribution in [-0.4, -0.2) is 23.9 Å². The highest BCUT2D eigenvalue weighted by molar-refractivity contribution is 5.73. The lowest BCUT2D eigenvalue weighted by atomic mass is 9.94. The number of carbonyl (C=O) groups excluding carboxylic acids is 1. The summed E-state index contributed by atoms with van der Waals surface area (Å²) < 4.78 is 0. The van der Waals surface area contributed by atoms with E-state index in [4.69, 9.17) is 0 Å². The van der Waals surface area contributed by atoms with Crippen molar-refractivity contribution in [1.82, 2.24) is 4.90 Å². The molecule has 0 fully saturated rings. The minimum absolute atomic E-state index is 0.187. The van der Waals surface area contributed by atoms with Crippen LogP contribution in [0.25, 0.3) is 0 Å². The van der Waals surface area contributed by atoms with Gasteiger partial charge in [-0.25, -0.2) is 0 Å². The zero-order valence-corrected chi connectivity index (χ0v) is 11.2. The van der Waals surface area contributed by atoms with Gasteiger partial charge in [-0.1, -0.05) is 37.6 Å². The third-order valence-corrected chi connectivity index (χ3v) is 3.27. The van der Waals surface area contributed by atoms with E-state index in [1.807, 2.05) is 4.90 Å². The second-order valence-electron chi connectivity index (χ2n) is 4.79. The first-order valence-corrected chi connectivity index (χ1v) is 6.81. The summed E-state index contributed by atoms with van der Waals surface area (Å²) in [6.45, 7) is 5.48. The Hall–Kier alpha value is -1.05. The number of allylic oxidation sites excluding steroid dienone is 3. The van der Waals surface area contributed by atoms with Gasteiger partial charge in [0.2, 0.25) is 5.91 Å². The molecule has 1 amide bonds. The van der Waals surface area contributed by atoms with Gasteiger partial charge in [0.25, 0.3) is 0 Å². The van der Waals surface area contributed by atoms with Gasteiger partial charge >= 0.3 is 0 Å². The molecule has 0 heterocycles. The predicted molar refractivity (Wildman–Crippen MR) is 72.8 cm³/mol. The molecule has 0 bridgehead atoms. The van der Waals surface area contributed by atoms with Crippen LogP contribution in [0.2, 0.25) is 0 Å². The van der Waals surface area contributed by atoms with Crippen LogP contribution in [0, 0.1) is 5.92 Å². The molecule has 0 saturated heterocycles. The first kappa shape index (κ1) is 14.0. The molecule has 0 radical (unpaired) electrons. The Kier molecular flexibility index (Phi) is 6.68. The molecular weight excluding hydrogens is 210 g/mol. The Balaban J connectivity index is 2.31. The highest BCUT2D eigenvalue weighted by Gasteiger charge is 2.07. The van der Waals surface area contributed by atoms with Crippen molar-refractivity contribution in [3.05, 3.63) is 24.3 Å². The first-order chi connectivity index (χ1) is 8.24. The summed E-state index contributed by atoms with van der Waals surface area (Å²) in [6.07, 6.45) is 14.8. The van der Waals surface area contributed by atoms with Gasteiger partial charge < -0.3 is 4.90 Å². The second kappa shape index (κ2) is 8.10. The summed E-state index contributed by atoms with van der Waals surface area (Å²) in [5, 5.41) is 0. The minimum atomic E-state index is 0.187. The molecular formula is C15H25NO. The van der Waals surface area contributed by atoms with Gasteiger partial charge in [-0.2, -0.15) is 0 Å². The van der Waals surface area contributed by atoms with Crippen molar-refractivity contribution in [2.45, 2.75) is 46.0 Å². The number of unbranched alkanes of at least 4 members (excludes halogenated alkanes) is 1. The maximum absolute atomic E-state index is 11.4. The molecule has 1 atom stereocenters. The van der Waals surface area contributed by atoms with Crippen molar-refractivity contribution in [3.8, 4) is 0 Å². The maximum atomic E-state index is 11.4. The molecule has 0 saturated carbocycles. The summed E-state index contributed by atoms with van der Waals surface area (Å²) in [4.78, 5) is 13.3. The molecule has 1 rings (SSSR count). The van der Waals surface area contributed by atoms with Crippen LogP contribution >= 0.6 is 0 Å². The Morgan fingerprint density at radius 3 is 2.88 bits per heavy atom. The average Bonchev–Trinajstić information content (AvgIpc) is 2.34. The topological polar surface area (TPSA) is 20.3 Å². The fourth-order valence-electron chi connectivity index (χ4n) is 2.10. The molecule has 0 aromatic heterocycles. The molecule has 0 aliphatic heterocycles. The Morgan fingerprint density at radius 2 is 2.29 bits per heavy atom. The van der Waals surface area contributed by atoms with Gasteiger partial charge in [0.15, 0.2) is 0 Å². The zero-order valence-electron chi connectivity index (χ0n) is 11.2. The van der Waals surface area contributed by atoms with E-state index in [-0.39, 0.29) is 5.91 Å². The normalized spacial score (nSPS) is 19.8. The van der Waals surface area contributed by atoms with E-state index in [1.54, 1.807) is 6.92 Å². The lowest BCUT2D eigenvalue weighted by Crippen LogP contribution is -2.29. The van der Waals surface area contributed by atoms with E-state index in [2.05, 4.69) is 31.2 Å². The molecule has 96 valence electrons. The van der Waals surface area contributed by atoms with Crippen molar-refractivity contribution in [1.29, 1.82) is 0 Å². The van der Waals surface area contributed by atoms with Crippen molar-refractivity contribution in [3.63, 3.8) is 0 Å². The van der Waals surface area contributed by atoms with Gasteiger partial charge in [-0.05, 0) is 31.6 Å². The van der Waals surface area contributed by atoms with Crippen LogP contribution in [0.3, 0.4) is 0 Å². The first-order valence-electron chi connectivity index (χ1n) is 6.81. The molecule has 1 aliphatic rings. The van der Waals surface area contributed by atoms with E-state index in [1.165, 1.54) is 12.8 Å². The summed E-state index contributed by atoms with van der Waals surface area (Å²) >= 11 is 0. The van der Waals surface area contributed by atoms with Crippen LogP contribution in [0.15, 0.2) is 24.3 Å². The van der Waals surface area contributed by atoms with Crippen molar-refractivity contribution in [2.75, 3.05) is 13.1 Å². The van der Waals surface area contributed by atoms with Crippen molar-refractivity contribution in [2.24, 2.45) is 5.92 Å². The van der Waals surface area contributed by atoms with Gasteiger partial charge in [0, 0.05) is 20.0 Å². The standard InChI is InChI=1S/C15H25NO/c1-3-4-12-16(14(2)17)13-8-11-15-9-6-5-7-10-15/h5-6,8,11,15H,3-4,7,9-10,12-13H2,1-2H3. The van der Waals surface area contributed by atoms with Crippen LogP contribution in [-0.2, 0) is 4.79 Å². The van der Waals surface area contributed by atoms with Crippen LogP contribution < -0.4 is 0 Å². The fourth-order valence-corrected chi connectivity index (χ4v) is 2.10. The lowest BCUT2D eigenvalue weighted by Gasteiger charge is -2.19. The lowest BCUT2D eigenvalue weighted by molar-refractivity contribution is -0.128. The Bertz CT molecular complexity index is 281. The number of hydrogen-bond donors (Lipinski definition) is 0. The average molecular weight is 235 g/mol. The maximum Gasteiger partial charge on any atom is 0.219 e. The van der Waals surface area contributed by atoms with Gasteiger partial charge in [0.1, 0.15) is 0 Å². The quantitative estimate of drug-likeness (QED) is 0.645. The van der Waals surface area contributed by atoms with E-state index >= 15 is 0 Å². The number of nitrogens with zero attached hydrogens (tertiary/aromatic N) is 1. The van der Waals surface area contributed by atoms with E-state index in [0.717, 1.165) is 32.4 Å².